The maximum Gasteiger partial charge on any atom is 0.101 e. The summed E-state index contributed by atoms with van der Waals surface area (Å²) in [6.07, 6.45) is 5.28. The number of benzene rings is 1. The summed E-state index contributed by atoms with van der Waals surface area (Å²) in [6.45, 7) is 3.40. The maximum absolute atomic E-state index is 9.03. The molecular formula is C17H22ClN3. The first-order valence-corrected chi connectivity index (χ1v) is 8.20. The number of anilines is 1. The van der Waals surface area contributed by atoms with Gasteiger partial charge in [-0.05, 0) is 57.0 Å². The van der Waals surface area contributed by atoms with Gasteiger partial charge in [0.1, 0.15) is 6.07 Å². The van der Waals surface area contributed by atoms with Gasteiger partial charge in [-0.25, -0.2) is 0 Å². The fourth-order valence-electron chi connectivity index (χ4n) is 3.36. The van der Waals surface area contributed by atoms with Gasteiger partial charge >= 0.3 is 0 Å². The van der Waals surface area contributed by atoms with Gasteiger partial charge < -0.3 is 9.80 Å². The van der Waals surface area contributed by atoms with E-state index in [2.05, 4.69) is 29.0 Å². The van der Waals surface area contributed by atoms with Gasteiger partial charge in [0, 0.05) is 24.8 Å². The topological polar surface area (TPSA) is 30.3 Å². The van der Waals surface area contributed by atoms with Gasteiger partial charge in [0.25, 0.3) is 0 Å². The lowest BCUT2D eigenvalue weighted by atomic mass is 9.84. The van der Waals surface area contributed by atoms with Crippen LogP contribution in [0, 0.1) is 17.2 Å². The predicted octanol–water partition coefficient (Wildman–Crippen LogP) is 3.52. The molecule has 2 fully saturated rings. The Hall–Kier alpha value is -1.24. The van der Waals surface area contributed by atoms with Crippen LogP contribution in [0.25, 0.3) is 0 Å². The quantitative estimate of drug-likeness (QED) is 0.852. The first-order valence-electron chi connectivity index (χ1n) is 7.82. The van der Waals surface area contributed by atoms with Crippen LogP contribution in [0.5, 0.6) is 0 Å². The fourth-order valence-corrected chi connectivity index (χ4v) is 3.58. The number of nitriles is 1. The molecule has 1 atom stereocenters. The van der Waals surface area contributed by atoms with E-state index in [0.29, 0.717) is 16.6 Å². The summed E-state index contributed by atoms with van der Waals surface area (Å²) in [6, 6.07) is 8.59. The molecule has 1 aliphatic heterocycles. The minimum absolute atomic E-state index is 0.563. The van der Waals surface area contributed by atoms with Gasteiger partial charge in [-0.15, -0.1) is 0 Å². The molecule has 1 saturated heterocycles. The second kappa shape index (κ2) is 6.25. The minimum Gasteiger partial charge on any atom is -0.367 e. The Balaban J connectivity index is 1.83. The Labute approximate surface area is 132 Å². The van der Waals surface area contributed by atoms with Crippen molar-refractivity contribution in [2.75, 3.05) is 31.6 Å². The Kier molecular flexibility index (Phi) is 4.37. The van der Waals surface area contributed by atoms with E-state index >= 15 is 0 Å². The van der Waals surface area contributed by atoms with Crippen LogP contribution < -0.4 is 4.90 Å². The van der Waals surface area contributed by atoms with E-state index < -0.39 is 0 Å². The van der Waals surface area contributed by atoms with Crippen LogP contribution in [0.1, 0.15) is 31.2 Å². The third kappa shape index (κ3) is 3.17. The van der Waals surface area contributed by atoms with E-state index in [4.69, 9.17) is 16.9 Å². The highest BCUT2D eigenvalue weighted by atomic mass is 35.5. The van der Waals surface area contributed by atoms with E-state index in [9.17, 15) is 0 Å². The van der Waals surface area contributed by atoms with Crippen molar-refractivity contribution in [2.45, 2.75) is 31.7 Å². The SMILES string of the molecule is CN1CCC(N(CC2CCC2)c2ccc(C#N)c(Cl)c2)C1. The second-order valence-corrected chi connectivity index (χ2v) is 6.84. The summed E-state index contributed by atoms with van der Waals surface area (Å²) in [7, 11) is 2.19. The van der Waals surface area contributed by atoms with Crippen molar-refractivity contribution in [3.63, 3.8) is 0 Å². The van der Waals surface area contributed by atoms with Gasteiger partial charge in [-0.1, -0.05) is 18.0 Å². The van der Waals surface area contributed by atoms with Crippen molar-refractivity contribution in [2.24, 2.45) is 5.92 Å². The maximum atomic E-state index is 9.03. The molecule has 3 nitrogen and oxygen atoms in total. The highest BCUT2D eigenvalue weighted by Crippen LogP contribution is 2.33. The van der Waals surface area contributed by atoms with Crippen LogP contribution in [0.3, 0.4) is 0 Å². The molecule has 3 rings (SSSR count). The molecule has 1 aliphatic carbocycles. The molecule has 1 aromatic rings. The molecule has 1 unspecified atom stereocenters. The fraction of sp³-hybridized carbons (Fsp3) is 0.588. The molecular weight excluding hydrogens is 282 g/mol. The molecule has 1 saturated carbocycles. The number of nitrogens with zero attached hydrogens (tertiary/aromatic N) is 3. The first kappa shape index (κ1) is 14.7. The lowest BCUT2D eigenvalue weighted by Crippen LogP contribution is -2.41. The molecule has 4 heteroatoms. The van der Waals surface area contributed by atoms with E-state index in [1.54, 1.807) is 0 Å². The van der Waals surface area contributed by atoms with Crippen molar-refractivity contribution < 1.29 is 0 Å². The summed E-state index contributed by atoms with van der Waals surface area (Å²) >= 11 is 6.23. The van der Waals surface area contributed by atoms with E-state index in [-0.39, 0.29) is 0 Å². The molecule has 0 spiro atoms. The average Bonchev–Trinajstić information content (AvgIpc) is 2.84. The molecule has 0 amide bonds. The third-order valence-corrected chi connectivity index (χ3v) is 5.20. The Morgan fingerprint density at radius 1 is 1.38 bits per heavy atom. The molecule has 1 heterocycles. The second-order valence-electron chi connectivity index (χ2n) is 6.43. The zero-order valence-electron chi connectivity index (χ0n) is 12.6. The number of hydrogen-bond donors (Lipinski definition) is 0. The number of rotatable bonds is 4. The Morgan fingerprint density at radius 3 is 2.71 bits per heavy atom. The van der Waals surface area contributed by atoms with Gasteiger partial charge in [0.2, 0.25) is 0 Å². The minimum atomic E-state index is 0.563. The van der Waals surface area contributed by atoms with Crippen molar-refractivity contribution in [1.82, 2.24) is 4.90 Å². The number of hydrogen-bond acceptors (Lipinski definition) is 3. The van der Waals surface area contributed by atoms with Crippen molar-refractivity contribution in [3.05, 3.63) is 28.8 Å². The molecule has 0 N–H and O–H groups in total. The van der Waals surface area contributed by atoms with Crippen LogP contribution in [0.4, 0.5) is 5.69 Å². The molecule has 0 radical (unpaired) electrons. The van der Waals surface area contributed by atoms with Gasteiger partial charge in [-0.3, -0.25) is 0 Å². The van der Waals surface area contributed by atoms with E-state index in [1.807, 2.05) is 12.1 Å². The van der Waals surface area contributed by atoms with Crippen molar-refractivity contribution in [3.8, 4) is 6.07 Å². The summed E-state index contributed by atoms with van der Waals surface area (Å²) in [5.41, 5.74) is 1.73. The van der Waals surface area contributed by atoms with Gasteiger partial charge in [0.05, 0.1) is 10.6 Å². The third-order valence-electron chi connectivity index (χ3n) is 4.89. The number of likely N-dealkylation sites (tertiary alicyclic amines) is 1. The highest BCUT2D eigenvalue weighted by molar-refractivity contribution is 6.32. The molecule has 1 aromatic carbocycles. The van der Waals surface area contributed by atoms with Crippen LogP contribution >= 0.6 is 11.6 Å². The van der Waals surface area contributed by atoms with Crippen molar-refractivity contribution >= 4 is 17.3 Å². The van der Waals surface area contributed by atoms with Crippen LogP contribution in [-0.2, 0) is 0 Å². The standard InChI is InChI=1S/C17H22ClN3/c1-20-8-7-16(12-20)21(11-13-3-2-4-13)15-6-5-14(10-19)17(18)9-15/h5-6,9,13,16H,2-4,7-8,11-12H2,1H3. The number of likely N-dealkylation sites (N-methyl/N-ethyl adjacent to an activating group) is 1. The first-order chi connectivity index (χ1) is 10.2. The normalized spacial score (nSPS) is 22.8. The Bertz CT molecular complexity index is 547. The zero-order valence-corrected chi connectivity index (χ0v) is 13.3. The Morgan fingerprint density at radius 2 is 2.19 bits per heavy atom. The monoisotopic (exact) mass is 303 g/mol. The van der Waals surface area contributed by atoms with Gasteiger partial charge in [0.15, 0.2) is 0 Å². The largest absolute Gasteiger partial charge is 0.367 e. The molecule has 0 bridgehead atoms. The smallest absolute Gasteiger partial charge is 0.101 e. The van der Waals surface area contributed by atoms with Crippen LogP contribution in [0.15, 0.2) is 18.2 Å². The summed E-state index contributed by atoms with van der Waals surface area (Å²) in [4.78, 5) is 4.92. The average molecular weight is 304 g/mol. The molecule has 112 valence electrons. The lowest BCUT2D eigenvalue weighted by molar-refractivity contribution is 0.308. The zero-order chi connectivity index (χ0) is 14.8. The van der Waals surface area contributed by atoms with E-state index in [0.717, 1.165) is 25.6 Å². The van der Waals surface area contributed by atoms with Crippen molar-refractivity contribution in [1.29, 1.82) is 5.26 Å². The highest BCUT2D eigenvalue weighted by Gasteiger charge is 2.29. The van der Waals surface area contributed by atoms with Gasteiger partial charge in [-0.2, -0.15) is 5.26 Å². The molecule has 21 heavy (non-hydrogen) atoms. The lowest BCUT2D eigenvalue weighted by Gasteiger charge is -2.37. The summed E-state index contributed by atoms with van der Waals surface area (Å²) in [5.74, 6) is 0.824. The molecule has 2 aliphatic rings. The summed E-state index contributed by atoms with van der Waals surface area (Å²) in [5, 5.41) is 9.60. The molecule has 0 aromatic heterocycles. The van der Waals surface area contributed by atoms with Crippen LogP contribution in [-0.4, -0.2) is 37.6 Å². The van der Waals surface area contributed by atoms with E-state index in [1.165, 1.54) is 31.4 Å². The number of halogens is 1. The van der Waals surface area contributed by atoms with Crippen LogP contribution in [0.2, 0.25) is 5.02 Å². The summed E-state index contributed by atoms with van der Waals surface area (Å²) < 4.78 is 0. The predicted molar refractivity (Wildman–Crippen MR) is 86.8 cm³/mol.